The number of aliphatic carboxylic acids is 1. The molecule has 0 fully saturated rings. The summed E-state index contributed by atoms with van der Waals surface area (Å²) in [5.41, 5.74) is 2.09. The molecule has 5 N–H and O–H groups in total. The smallest absolute Gasteiger partial charge is 0.394 e. The number of fused-ring (bicyclic) bond motifs is 3. The fraction of sp³-hybridized carbons (Fsp3) is 0.0625. The molecule has 0 unspecified atom stereocenters. The van der Waals surface area contributed by atoms with Crippen LogP contribution in [0.1, 0.15) is 10.4 Å². The highest BCUT2D eigenvalue weighted by atomic mass is 19.3. The zero-order valence-corrected chi connectivity index (χ0v) is 13.3. The van der Waals surface area contributed by atoms with Crippen molar-refractivity contribution in [3.05, 3.63) is 35.9 Å². The number of rotatable bonds is 4. The molecule has 0 spiro atoms. The monoisotopic (exact) mass is 379 g/mol. The number of halogens is 2. The Kier molecular flexibility index (Phi) is 4.60. The highest BCUT2D eigenvalue weighted by Crippen LogP contribution is 2.38. The summed E-state index contributed by atoms with van der Waals surface area (Å²) in [5.74, 6) is 1.17. The van der Waals surface area contributed by atoms with Crippen LogP contribution in [0.15, 0.2) is 34.7 Å². The Labute approximate surface area is 148 Å². The van der Waals surface area contributed by atoms with E-state index in [-0.39, 0.29) is 38.9 Å². The van der Waals surface area contributed by atoms with Crippen molar-refractivity contribution in [1.29, 1.82) is 0 Å². The summed E-state index contributed by atoms with van der Waals surface area (Å²) in [4.78, 5) is 34.0. The van der Waals surface area contributed by atoms with Crippen LogP contribution in [0.4, 0.5) is 14.5 Å². The van der Waals surface area contributed by atoms with Gasteiger partial charge in [0.1, 0.15) is 5.58 Å². The number of carboxylic acid groups (broad SMARTS) is 1. The van der Waals surface area contributed by atoms with Crippen LogP contribution in [0.25, 0.3) is 21.9 Å². The summed E-state index contributed by atoms with van der Waals surface area (Å²) >= 11 is 0. The number of alkyl halides is 2. The van der Waals surface area contributed by atoms with Gasteiger partial charge in [0.2, 0.25) is 0 Å². The third-order valence-corrected chi connectivity index (χ3v) is 3.63. The zero-order valence-electron chi connectivity index (χ0n) is 13.3. The van der Waals surface area contributed by atoms with Crippen LogP contribution in [0.5, 0.6) is 5.75 Å². The lowest BCUT2D eigenvalue weighted by Gasteiger charge is -2.07. The number of hydrogen-bond acceptors (Lipinski definition) is 6. The zero-order chi connectivity index (χ0) is 19.7. The minimum atomic E-state index is -3.12. The van der Waals surface area contributed by atoms with Crippen LogP contribution < -0.4 is 21.3 Å². The van der Waals surface area contributed by atoms with Crippen molar-refractivity contribution < 1.29 is 37.4 Å². The highest BCUT2D eigenvalue weighted by Gasteiger charge is 2.22. The van der Waals surface area contributed by atoms with E-state index >= 15 is 0 Å². The predicted molar refractivity (Wildman–Crippen MR) is 88.3 cm³/mol. The van der Waals surface area contributed by atoms with E-state index in [0.717, 1.165) is 6.07 Å². The van der Waals surface area contributed by atoms with E-state index in [1.807, 2.05) is 5.43 Å². The van der Waals surface area contributed by atoms with Gasteiger partial charge in [0, 0.05) is 16.5 Å². The Balaban J connectivity index is 2.25. The second-order valence-corrected chi connectivity index (χ2v) is 5.24. The number of furan rings is 1. The van der Waals surface area contributed by atoms with E-state index < -0.39 is 24.4 Å². The summed E-state index contributed by atoms with van der Waals surface area (Å²) in [6, 6.07) is 6.42. The van der Waals surface area contributed by atoms with Crippen LogP contribution in [0, 0.1) is 0 Å². The quantitative estimate of drug-likeness (QED) is 0.234. The van der Waals surface area contributed by atoms with Crippen LogP contribution >= 0.6 is 0 Å². The molecule has 3 rings (SSSR count). The maximum Gasteiger partial charge on any atom is 0.394 e. The molecular weight excluding hydrogens is 368 g/mol. The van der Waals surface area contributed by atoms with E-state index in [1.54, 1.807) is 0 Å². The van der Waals surface area contributed by atoms with Gasteiger partial charge >= 0.3 is 18.5 Å². The molecule has 0 aliphatic heterocycles. The van der Waals surface area contributed by atoms with Crippen molar-refractivity contribution in [3.63, 3.8) is 0 Å². The molecule has 0 saturated carbocycles. The molecule has 2 amide bonds. The fourth-order valence-electron chi connectivity index (χ4n) is 2.57. The molecule has 3 aromatic rings. The van der Waals surface area contributed by atoms with Crippen LogP contribution in [-0.2, 0) is 9.59 Å². The number of amides is 2. The van der Waals surface area contributed by atoms with Crippen molar-refractivity contribution in [2.24, 2.45) is 5.84 Å². The minimum absolute atomic E-state index is 0.00887. The summed E-state index contributed by atoms with van der Waals surface area (Å²) in [6.07, 6.45) is 0. The standard InChI is InChI=1S/C16H11F2N3O6/c17-16(18)27-10-4-2-7(13(22)21-19)11-8-5-6(20-14(23)15(24)25)1-3-9(8)26-12(10)11/h1-5,16H,19H2,(H,20,23)(H,21,22)(H,24,25). The van der Waals surface area contributed by atoms with Gasteiger partial charge in [-0.3, -0.25) is 15.0 Å². The second-order valence-electron chi connectivity index (χ2n) is 5.24. The van der Waals surface area contributed by atoms with E-state index in [0.29, 0.717) is 0 Å². The Hall–Kier alpha value is -3.73. The van der Waals surface area contributed by atoms with Gasteiger partial charge in [-0.05, 0) is 30.3 Å². The first kappa shape index (κ1) is 18.1. The maximum atomic E-state index is 12.6. The SMILES string of the molecule is NNC(=O)c1ccc(OC(F)F)c2oc3ccc(NC(=O)C(=O)O)cc3c12. The molecule has 1 heterocycles. The van der Waals surface area contributed by atoms with E-state index in [4.69, 9.17) is 15.4 Å². The number of hydrogen-bond donors (Lipinski definition) is 4. The van der Waals surface area contributed by atoms with E-state index in [1.165, 1.54) is 24.3 Å². The highest BCUT2D eigenvalue weighted by molar-refractivity contribution is 6.36. The summed E-state index contributed by atoms with van der Waals surface area (Å²) < 4.78 is 35.2. The normalized spacial score (nSPS) is 11.0. The van der Waals surface area contributed by atoms with Crippen LogP contribution in [0.2, 0.25) is 0 Å². The first-order valence-electron chi connectivity index (χ1n) is 7.31. The summed E-state index contributed by atoms with van der Waals surface area (Å²) in [7, 11) is 0. The lowest BCUT2D eigenvalue weighted by molar-refractivity contribution is -0.147. The number of ether oxygens (including phenoxy) is 1. The van der Waals surface area contributed by atoms with Crippen molar-refractivity contribution in [1.82, 2.24) is 5.43 Å². The van der Waals surface area contributed by atoms with Gasteiger partial charge in [0.25, 0.3) is 5.91 Å². The molecule has 0 aliphatic rings. The Bertz CT molecular complexity index is 1080. The topological polar surface area (TPSA) is 144 Å². The van der Waals surface area contributed by atoms with Gasteiger partial charge in [-0.15, -0.1) is 0 Å². The number of nitrogens with one attached hydrogen (secondary N) is 2. The number of hydrazine groups is 1. The first-order valence-corrected chi connectivity index (χ1v) is 7.31. The molecule has 0 radical (unpaired) electrons. The fourth-order valence-corrected chi connectivity index (χ4v) is 2.57. The van der Waals surface area contributed by atoms with E-state index in [9.17, 15) is 23.2 Å². The van der Waals surface area contributed by atoms with Gasteiger partial charge in [-0.1, -0.05) is 0 Å². The van der Waals surface area contributed by atoms with Gasteiger partial charge < -0.3 is 19.6 Å². The molecule has 0 bridgehead atoms. The molecule has 2 aromatic carbocycles. The van der Waals surface area contributed by atoms with Gasteiger partial charge in [0.05, 0.1) is 5.56 Å². The number of nitrogen functional groups attached to an aromatic ring is 1. The van der Waals surface area contributed by atoms with Crippen LogP contribution in [-0.4, -0.2) is 29.5 Å². The lowest BCUT2D eigenvalue weighted by atomic mass is 10.0. The molecule has 0 aliphatic carbocycles. The molecule has 0 saturated heterocycles. The third kappa shape index (κ3) is 3.35. The van der Waals surface area contributed by atoms with Crippen molar-refractivity contribution >= 4 is 45.4 Å². The van der Waals surface area contributed by atoms with Gasteiger partial charge in [-0.2, -0.15) is 8.78 Å². The number of nitrogens with two attached hydrogens (primary N) is 1. The van der Waals surface area contributed by atoms with Crippen molar-refractivity contribution in [3.8, 4) is 5.75 Å². The average molecular weight is 379 g/mol. The largest absolute Gasteiger partial charge is 0.474 e. The second kappa shape index (κ2) is 6.88. The third-order valence-electron chi connectivity index (χ3n) is 3.63. The number of carbonyl (C=O) groups is 3. The molecule has 1 aromatic heterocycles. The molecule has 140 valence electrons. The number of anilines is 1. The molecular formula is C16H11F2N3O6. The number of benzene rings is 2. The Morgan fingerprint density at radius 1 is 1.19 bits per heavy atom. The number of carboxylic acids is 1. The molecule has 0 atom stereocenters. The van der Waals surface area contributed by atoms with E-state index in [2.05, 4.69) is 10.1 Å². The van der Waals surface area contributed by atoms with Crippen molar-refractivity contribution in [2.75, 3.05) is 5.32 Å². The Morgan fingerprint density at radius 3 is 2.56 bits per heavy atom. The predicted octanol–water partition coefficient (Wildman–Crippen LogP) is 1.81. The number of carbonyl (C=O) groups excluding carboxylic acids is 2. The lowest BCUT2D eigenvalue weighted by Crippen LogP contribution is -2.30. The first-order chi connectivity index (χ1) is 12.8. The summed E-state index contributed by atoms with van der Waals surface area (Å²) in [6.45, 7) is -3.12. The Morgan fingerprint density at radius 2 is 1.93 bits per heavy atom. The molecule has 27 heavy (non-hydrogen) atoms. The summed E-state index contributed by atoms with van der Waals surface area (Å²) in [5, 5.41) is 11.2. The van der Waals surface area contributed by atoms with Crippen molar-refractivity contribution in [2.45, 2.75) is 6.61 Å². The van der Waals surface area contributed by atoms with Gasteiger partial charge in [-0.25, -0.2) is 10.6 Å². The maximum absolute atomic E-state index is 12.6. The minimum Gasteiger partial charge on any atom is -0.474 e. The molecule has 9 nitrogen and oxygen atoms in total. The van der Waals surface area contributed by atoms with Gasteiger partial charge in [0.15, 0.2) is 11.3 Å². The van der Waals surface area contributed by atoms with Crippen LogP contribution in [0.3, 0.4) is 0 Å². The average Bonchev–Trinajstić information content (AvgIpc) is 3.00. The molecule has 11 heteroatoms.